The lowest BCUT2D eigenvalue weighted by molar-refractivity contribution is -0.141. The van der Waals surface area contributed by atoms with Crippen LogP contribution in [0.15, 0.2) is 39.8 Å². The van der Waals surface area contributed by atoms with E-state index in [9.17, 15) is 18.3 Å². The Balaban J connectivity index is 1.49. The summed E-state index contributed by atoms with van der Waals surface area (Å²) in [7, 11) is -3.59. The van der Waals surface area contributed by atoms with E-state index in [4.69, 9.17) is 0 Å². The first kappa shape index (κ1) is 18.5. The summed E-state index contributed by atoms with van der Waals surface area (Å²) >= 11 is 1.42. The highest BCUT2D eigenvalue weighted by atomic mass is 32.2. The number of thiazole rings is 1. The highest BCUT2D eigenvalue weighted by Crippen LogP contribution is 2.33. The van der Waals surface area contributed by atoms with Crippen LogP contribution in [0.5, 0.6) is 0 Å². The molecule has 2 aromatic rings. The molecule has 0 bridgehead atoms. The fourth-order valence-electron chi connectivity index (χ4n) is 3.50. The normalized spacial score (nSPS) is 18.6. The van der Waals surface area contributed by atoms with Crippen molar-refractivity contribution in [1.29, 1.82) is 0 Å². The molecular weight excluding hydrogens is 386 g/mol. The Morgan fingerprint density at radius 2 is 1.89 bits per heavy atom. The Hall–Kier alpha value is -1.81. The van der Waals surface area contributed by atoms with Gasteiger partial charge in [-0.25, -0.2) is 13.4 Å². The molecule has 7 nitrogen and oxygen atoms in total. The van der Waals surface area contributed by atoms with Gasteiger partial charge in [-0.15, -0.1) is 11.3 Å². The molecular formula is C18H21N3O4S2. The van der Waals surface area contributed by atoms with E-state index in [0.29, 0.717) is 26.2 Å². The third-order valence-corrected chi connectivity index (χ3v) is 7.78. The van der Waals surface area contributed by atoms with Gasteiger partial charge in [-0.2, -0.15) is 4.31 Å². The lowest BCUT2D eigenvalue weighted by Crippen LogP contribution is -2.43. The second-order valence-electron chi connectivity index (χ2n) is 7.67. The molecule has 1 aromatic heterocycles. The fraction of sp³-hybridized carbons (Fsp3) is 0.444. The van der Waals surface area contributed by atoms with E-state index in [-0.39, 0.29) is 17.4 Å². The summed E-state index contributed by atoms with van der Waals surface area (Å²) in [6.07, 6.45) is 0. The number of nitrogens with zero attached hydrogens (tertiary/aromatic N) is 3. The monoisotopic (exact) mass is 407 g/mol. The number of benzene rings is 1. The van der Waals surface area contributed by atoms with Gasteiger partial charge >= 0.3 is 0 Å². The van der Waals surface area contributed by atoms with Crippen molar-refractivity contribution in [1.82, 2.24) is 14.2 Å². The first-order chi connectivity index (χ1) is 12.7. The van der Waals surface area contributed by atoms with Crippen molar-refractivity contribution in [2.75, 3.05) is 32.8 Å². The lowest BCUT2D eigenvalue weighted by Gasteiger charge is -2.29. The number of hydrogen-bond acceptors (Lipinski definition) is 6. The number of carbonyl (C=O) groups excluding carboxylic acids is 1. The van der Waals surface area contributed by atoms with Gasteiger partial charge in [-0.1, -0.05) is 0 Å². The van der Waals surface area contributed by atoms with E-state index in [2.05, 4.69) is 4.98 Å². The van der Waals surface area contributed by atoms with Crippen LogP contribution in [0.1, 0.15) is 13.8 Å². The zero-order chi connectivity index (χ0) is 19.4. The van der Waals surface area contributed by atoms with E-state index in [0.717, 1.165) is 21.4 Å². The first-order valence-electron chi connectivity index (χ1n) is 8.66. The predicted octanol–water partition coefficient (Wildman–Crippen LogP) is 1.46. The lowest BCUT2D eigenvalue weighted by atomic mass is 9.93. The Morgan fingerprint density at radius 3 is 2.52 bits per heavy atom. The topological polar surface area (TPSA) is 90.8 Å². The number of amides is 1. The molecule has 2 aliphatic rings. The van der Waals surface area contributed by atoms with Crippen molar-refractivity contribution in [3.05, 3.63) is 34.9 Å². The van der Waals surface area contributed by atoms with Crippen LogP contribution in [0.25, 0.3) is 10.2 Å². The third kappa shape index (κ3) is 3.08. The van der Waals surface area contributed by atoms with Gasteiger partial charge in [-0.3, -0.25) is 4.79 Å². The molecule has 0 saturated heterocycles. The zero-order valence-electron chi connectivity index (χ0n) is 15.2. The molecule has 0 unspecified atom stereocenters. The molecule has 0 spiro atoms. The number of rotatable bonds is 4. The van der Waals surface area contributed by atoms with E-state index in [1.807, 2.05) is 0 Å². The van der Waals surface area contributed by atoms with Crippen molar-refractivity contribution in [3.8, 4) is 0 Å². The maximum atomic E-state index is 13.0. The van der Waals surface area contributed by atoms with Crippen molar-refractivity contribution < 1.29 is 18.3 Å². The average molecular weight is 408 g/mol. The van der Waals surface area contributed by atoms with E-state index in [1.54, 1.807) is 42.5 Å². The molecule has 0 radical (unpaired) electrons. The average Bonchev–Trinajstić information content (AvgIpc) is 3.34. The van der Waals surface area contributed by atoms with Crippen molar-refractivity contribution >= 4 is 37.5 Å². The van der Waals surface area contributed by atoms with E-state index in [1.165, 1.54) is 15.6 Å². The number of hydrogen-bond donors (Lipinski definition) is 1. The van der Waals surface area contributed by atoms with Crippen LogP contribution in [0.4, 0.5) is 0 Å². The molecule has 0 atom stereocenters. The summed E-state index contributed by atoms with van der Waals surface area (Å²) in [5, 5.41) is 9.41. The van der Waals surface area contributed by atoms with Gasteiger partial charge < -0.3 is 10.0 Å². The van der Waals surface area contributed by atoms with E-state index < -0.39 is 15.4 Å². The summed E-state index contributed by atoms with van der Waals surface area (Å²) in [4.78, 5) is 18.7. The van der Waals surface area contributed by atoms with Crippen LogP contribution in [0.3, 0.4) is 0 Å². The van der Waals surface area contributed by atoms with Gasteiger partial charge in [0.15, 0.2) is 0 Å². The molecule has 1 amide bonds. The Kier molecular flexibility index (Phi) is 4.38. The number of aliphatic hydroxyl groups excluding tert-OH is 1. The maximum Gasteiger partial charge on any atom is 0.243 e. The van der Waals surface area contributed by atoms with Gasteiger partial charge in [0, 0.05) is 26.2 Å². The van der Waals surface area contributed by atoms with Crippen LogP contribution >= 0.6 is 11.3 Å². The van der Waals surface area contributed by atoms with Crippen molar-refractivity contribution in [2.45, 2.75) is 18.7 Å². The van der Waals surface area contributed by atoms with Gasteiger partial charge in [0.05, 0.1) is 32.6 Å². The van der Waals surface area contributed by atoms with E-state index >= 15 is 0 Å². The third-order valence-electron chi connectivity index (χ3n) is 5.20. The molecule has 2 aliphatic heterocycles. The van der Waals surface area contributed by atoms with Gasteiger partial charge in [-0.05, 0) is 43.2 Å². The predicted molar refractivity (Wildman–Crippen MR) is 103 cm³/mol. The first-order valence-corrected chi connectivity index (χ1v) is 11.0. The van der Waals surface area contributed by atoms with Crippen LogP contribution < -0.4 is 0 Å². The summed E-state index contributed by atoms with van der Waals surface area (Å²) < 4.78 is 28.4. The summed E-state index contributed by atoms with van der Waals surface area (Å²) in [6, 6.07) is 5.00. The Morgan fingerprint density at radius 1 is 1.22 bits per heavy atom. The summed E-state index contributed by atoms with van der Waals surface area (Å²) in [5.41, 5.74) is 3.64. The molecule has 144 valence electrons. The zero-order valence-corrected chi connectivity index (χ0v) is 16.8. The van der Waals surface area contributed by atoms with Crippen LogP contribution in [-0.4, -0.2) is 66.4 Å². The summed E-state index contributed by atoms with van der Waals surface area (Å²) in [6.45, 7) is 4.68. The fourth-order valence-corrected chi connectivity index (χ4v) is 5.75. The number of carbonyl (C=O) groups is 1. The van der Waals surface area contributed by atoms with Crippen LogP contribution in [-0.2, 0) is 14.8 Å². The van der Waals surface area contributed by atoms with Gasteiger partial charge in [0.25, 0.3) is 0 Å². The minimum absolute atomic E-state index is 0.107. The molecule has 0 fully saturated rings. The highest BCUT2D eigenvalue weighted by molar-refractivity contribution is 7.89. The van der Waals surface area contributed by atoms with Gasteiger partial charge in [0.2, 0.25) is 15.9 Å². The van der Waals surface area contributed by atoms with Crippen molar-refractivity contribution in [2.24, 2.45) is 5.41 Å². The van der Waals surface area contributed by atoms with Crippen LogP contribution in [0.2, 0.25) is 0 Å². The molecule has 0 saturated carbocycles. The quantitative estimate of drug-likeness (QED) is 0.775. The number of aromatic nitrogens is 1. The number of aliphatic hydroxyl groups is 1. The Labute approximate surface area is 162 Å². The standard InChI is InChI=1S/C18H21N3O4S2/c1-18(2,10-22)17(23)20-6-12-8-21(9-13(12)7-20)27(24,25)14-3-4-15-16(5-14)26-11-19-15/h3-5,11,22H,6-10H2,1-2H3. The number of fused-ring (bicyclic) bond motifs is 1. The maximum absolute atomic E-state index is 13.0. The largest absolute Gasteiger partial charge is 0.395 e. The second-order valence-corrected chi connectivity index (χ2v) is 10.5. The van der Waals surface area contributed by atoms with Crippen molar-refractivity contribution in [3.63, 3.8) is 0 Å². The number of sulfonamides is 1. The second kappa shape index (κ2) is 6.37. The van der Waals surface area contributed by atoms with Gasteiger partial charge in [0.1, 0.15) is 0 Å². The minimum atomic E-state index is -3.59. The Bertz CT molecular complexity index is 1040. The molecule has 9 heteroatoms. The molecule has 1 aromatic carbocycles. The van der Waals surface area contributed by atoms with Crippen LogP contribution in [0, 0.1) is 5.41 Å². The smallest absolute Gasteiger partial charge is 0.243 e. The highest BCUT2D eigenvalue weighted by Gasteiger charge is 2.40. The molecule has 3 heterocycles. The molecule has 27 heavy (non-hydrogen) atoms. The summed E-state index contributed by atoms with van der Waals surface area (Å²) in [5.74, 6) is -0.107. The molecule has 0 aliphatic carbocycles. The molecule has 4 rings (SSSR count). The SMILES string of the molecule is CC(C)(CO)C(=O)N1CC2=C(C1)CN(S(=O)(=O)c1ccc3ncsc3c1)C2. The molecule has 1 N–H and O–H groups in total. The minimum Gasteiger partial charge on any atom is -0.395 e.